The van der Waals surface area contributed by atoms with Gasteiger partial charge >= 0.3 is 0 Å². The van der Waals surface area contributed by atoms with Crippen LogP contribution in [-0.2, 0) is 0 Å². The van der Waals surface area contributed by atoms with Crippen molar-refractivity contribution in [2.45, 2.75) is 108 Å². The maximum Gasteiger partial charge on any atom is 0.0703 e. The first-order chi connectivity index (χ1) is 9.73. The third-order valence-electron chi connectivity index (χ3n) is 6.69. The van der Waals surface area contributed by atoms with Gasteiger partial charge in [0.1, 0.15) is 0 Å². The van der Waals surface area contributed by atoms with Crippen molar-refractivity contribution in [1.29, 1.82) is 0 Å². The van der Waals surface area contributed by atoms with Gasteiger partial charge in [-0.3, -0.25) is 0 Å². The lowest BCUT2D eigenvalue weighted by atomic mass is 10.3. The van der Waals surface area contributed by atoms with Gasteiger partial charge in [0, 0.05) is 7.26 Å². The summed E-state index contributed by atoms with van der Waals surface area (Å²) in [5.41, 5.74) is 3.61. The summed E-state index contributed by atoms with van der Waals surface area (Å²) in [7, 11) is -0.695. The molecule has 0 nitrogen and oxygen atoms in total. The SMILES string of the molecule is CC(C)C[P+](C1CCCC1)(C1CCCC1)C1CCCC1.[Cl-]. The fourth-order valence-electron chi connectivity index (χ4n) is 6.13. The van der Waals surface area contributed by atoms with E-state index < -0.39 is 7.26 Å². The van der Waals surface area contributed by atoms with Gasteiger partial charge in [0.15, 0.2) is 0 Å². The van der Waals surface area contributed by atoms with Gasteiger partial charge < -0.3 is 12.4 Å². The zero-order valence-corrected chi connectivity index (χ0v) is 16.0. The van der Waals surface area contributed by atoms with Crippen LogP contribution in [0.5, 0.6) is 0 Å². The van der Waals surface area contributed by atoms with Gasteiger partial charge in [0.25, 0.3) is 0 Å². The van der Waals surface area contributed by atoms with Gasteiger partial charge in [-0.2, -0.15) is 0 Å². The molecule has 0 unspecified atom stereocenters. The minimum absolute atomic E-state index is 0. The summed E-state index contributed by atoms with van der Waals surface area (Å²) in [5.74, 6) is 0.949. The molecule has 3 fully saturated rings. The molecule has 0 saturated heterocycles. The smallest absolute Gasteiger partial charge is 0.0703 e. The summed E-state index contributed by atoms with van der Waals surface area (Å²) in [5, 5.41) is 0. The lowest BCUT2D eigenvalue weighted by molar-refractivity contribution is -0.00000447. The molecule has 0 amide bonds. The Morgan fingerprint density at radius 1 is 0.667 bits per heavy atom. The van der Waals surface area contributed by atoms with E-state index in [4.69, 9.17) is 0 Å². The lowest BCUT2D eigenvalue weighted by Crippen LogP contribution is -3.00. The Balaban J connectivity index is 0.00000161. The van der Waals surface area contributed by atoms with Crippen LogP contribution >= 0.6 is 7.26 Å². The van der Waals surface area contributed by atoms with Gasteiger partial charge in [-0.15, -0.1) is 0 Å². The summed E-state index contributed by atoms with van der Waals surface area (Å²) >= 11 is 0. The van der Waals surface area contributed by atoms with Gasteiger partial charge in [-0.05, 0) is 83.0 Å². The molecule has 3 aliphatic rings. The second kappa shape index (κ2) is 8.01. The second-order valence-electron chi connectivity index (χ2n) is 8.39. The van der Waals surface area contributed by atoms with Crippen LogP contribution in [0.2, 0.25) is 0 Å². The Morgan fingerprint density at radius 3 is 1.19 bits per heavy atom. The van der Waals surface area contributed by atoms with E-state index in [0.29, 0.717) is 0 Å². The van der Waals surface area contributed by atoms with Gasteiger partial charge in [-0.1, -0.05) is 13.8 Å². The van der Waals surface area contributed by atoms with E-state index in [0.717, 1.165) is 5.92 Å². The maximum atomic E-state index is 2.52. The van der Waals surface area contributed by atoms with Crippen LogP contribution in [0, 0.1) is 5.92 Å². The van der Waals surface area contributed by atoms with Crippen LogP contribution in [0.25, 0.3) is 0 Å². The molecule has 0 spiro atoms. The Bertz CT molecular complexity index is 256. The van der Waals surface area contributed by atoms with E-state index in [1.807, 2.05) is 0 Å². The highest BCUT2D eigenvalue weighted by atomic mass is 35.5. The maximum absolute atomic E-state index is 2.52. The second-order valence-corrected chi connectivity index (χ2v) is 12.9. The number of hydrogen-bond donors (Lipinski definition) is 0. The van der Waals surface area contributed by atoms with Crippen molar-refractivity contribution in [2.24, 2.45) is 5.92 Å². The molecular weight excluding hydrogens is 295 g/mol. The summed E-state index contributed by atoms with van der Waals surface area (Å²) < 4.78 is 0. The predicted octanol–water partition coefficient (Wildman–Crippen LogP) is 3.49. The van der Waals surface area contributed by atoms with Gasteiger partial charge in [-0.25, -0.2) is 0 Å². The Labute approximate surface area is 140 Å². The molecule has 3 rings (SSSR count). The minimum Gasteiger partial charge on any atom is -1.00 e. The van der Waals surface area contributed by atoms with Crippen LogP contribution in [-0.4, -0.2) is 23.1 Å². The van der Waals surface area contributed by atoms with Gasteiger partial charge in [0.2, 0.25) is 0 Å². The molecule has 3 saturated carbocycles. The van der Waals surface area contributed by atoms with E-state index in [1.54, 1.807) is 83.2 Å². The molecule has 0 heterocycles. The number of hydrogen-bond acceptors (Lipinski definition) is 0. The average molecular weight is 331 g/mol. The van der Waals surface area contributed by atoms with Crippen molar-refractivity contribution >= 4 is 7.26 Å². The number of halogens is 1. The van der Waals surface area contributed by atoms with Crippen LogP contribution in [0.3, 0.4) is 0 Å². The van der Waals surface area contributed by atoms with Crippen LogP contribution < -0.4 is 12.4 Å². The first kappa shape index (κ1) is 18.1. The molecule has 0 radical (unpaired) electrons. The highest BCUT2D eigenvalue weighted by molar-refractivity contribution is 7.77. The summed E-state index contributed by atoms with van der Waals surface area (Å²) in [6, 6.07) is 0. The molecule has 0 aromatic rings. The molecule has 21 heavy (non-hydrogen) atoms. The molecule has 2 heteroatoms. The van der Waals surface area contributed by atoms with E-state index >= 15 is 0 Å². The molecule has 0 bridgehead atoms. The van der Waals surface area contributed by atoms with Crippen molar-refractivity contribution in [3.8, 4) is 0 Å². The molecule has 124 valence electrons. The van der Waals surface area contributed by atoms with Crippen LogP contribution in [0.1, 0.15) is 90.9 Å². The minimum atomic E-state index is -0.695. The first-order valence-corrected chi connectivity index (χ1v) is 11.8. The third-order valence-corrected chi connectivity index (χ3v) is 13.7. The number of rotatable bonds is 5. The highest BCUT2D eigenvalue weighted by Crippen LogP contribution is 2.78. The summed E-state index contributed by atoms with van der Waals surface area (Å²) in [4.78, 5) is 0. The van der Waals surface area contributed by atoms with Crippen LogP contribution in [0.4, 0.5) is 0 Å². The molecule has 0 aliphatic heterocycles. The summed E-state index contributed by atoms with van der Waals surface area (Å²) in [6.45, 7) is 5.04. The molecule has 3 aliphatic carbocycles. The highest BCUT2D eigenvalue weighted by Gasteiger charge is 2.58. The van der Waals surface area contributed by atoms with Crippen LogP contribution in [0.15, 0.2) is 0 Å². The molecule has 0 N–H and O–H groups in total. The van der Waals surface area contributed by atoms with E-state index in [2.05, 4.69) is 13.8 Å². The average Bonchev–Trinajstić information content (AvgIpc) is 3.15. The quantitative estimate of drug-likeness (QED) is 0.677. The standard InChI is InChI=1S/C19H36P.ClH/c1-16(2)15-20(17-9-3-4-10-17,18-11-5-6-12-18)19-13-7-8-14-19;/h16-19H,3-15H2,1-2H3;1H/q+1;/p-1. The fourth-order valence-corrected chi connectivity index (χ4v) is 14.1. The monoisotopic (exact) mass is 330 g/mol. The lowest BCUT2D eigenvalue weighted by Gasteiger charge is -2.43. The zero-order chi connectivity index (χ0) is 14.0. The Hall–Kier alpha value is 0.720. The van der Waals surface area contributed by atoms with Crippen molar-refractivity contribution < 1.29 is 12.4 Å². The Morgan fingerprint density at radius 2 is 0.952 bits per heavy atom. The molecule has 0 atom stereocenters. The van der Waals surface area contributed by atoms with Crippen molar-refractivity contribution in [1.82, 2.24) is 0 Å². The fraction of sp³-hybridized carbons (Fsp3) is 1.00. The third kappa shape index (κ3) is 3.63. The molecular formula is C19H36ClP. The Kier molecular flexibility index (Phi) is 6.89. The molecule has 0 aromatic heterocycles. The molecule has 0 aromatic carbocycles. The van der Waals surface area contributed by atoms with Crippen molar-refractivity contribution in [2.75, 3.05) is 6.16 Å². The predicted molar refractivity (Wildman–Crippen MR) is 93.4 cm³/mol. The van der Waals surface area contributed by atoms with Gasteiger partial charge in [0.05, 0.1) is 23.1 Å². The summed E-state index contributed by atoms with van der Waals surface area (Å²) in [6.07, 6.45) is 20.7. The topological polar surface area (TPSA) is 0 Å². The van der Waals surface area contributed by atoms with E-state index in [-0.39, 0.29) is 12.4 Å². The normalized spacial score (nSPS) is 25.9. The zero-order valence-electron chi connectivity index (χ0n) is 14.3. The van der Waals surface area contributed by atoms with E-state index in [1.165, 1.54) is 17.0 Å². The van der Waals surface area contributed by atoms with E-state index in [9.17, 15) is 0 Å². The first-order valence-electron chi connectivity index (χ1n) is 9.60. The largest absolute Gasteiger partial charge is 1.00 e. The van der Waals surface area contributed by atoms with Crippen molar-refractivity contribution in [3.05, 3.63) is 0 Å². The van der Waals surface area contributed by atoms with Crippen molar-refractivity contribution in [3.63, 3.8) is 0 Å².